The highest BCUT2D eigenvalue weighted by molar-refractivity contribution is 9.10. The molecule has 1 aliphatic heterocycles. The van der Waals surface area contributed by atoms with Gasteiger partial charge in [-0.05, 0) is 64.3 Å². The third-order valence-corrected chi connectivity index (χ3v) is 6.43. The van der Waals surface area contributed by atoms with Crippen LogP contribution in [0.4, 0.5) is 5.69 Å². The molecule has 1 saturated heterocycles. The zero-order chi connectivity index (χ0) is 19.4. The van der Waals surface area contributed by atoms with Gasteiger partial charge in [-0.1, -0.05) is 61.1 Å². The molecule has 0 bridgehead atoms. The number of anilines is 1. The van der Waals surface area contributed by atoms with Crippen molar-refractivity contribution in [1.29, 1.82) is 0 Å². The minimum Gasteiger partial charge on any atom is -0.494 e. The lowest BCUT2D eigenvalue weighted by Crippen LogP contribution is -2.27. The smallest absolute Gasteiger partial charge is 0.270 e. The van der Waals surface area contributed by atoms with Gasteiger partial charge in [-0.3, -0.25) is 9.69 Å². The fourth-order valence-electron chi connectivity index (χ4n) is 2.46. The van der Waals surface area contributed by atoms with Crippen molar-refractivity contribution in [2.45, 2.75) is 19.8 Å². The van der Waals surface area contributed by atoms with Gasteiger partial charge >= 0.3 is 0 Å². The Bertz CT molecular complexity index is 899. The molecule has 1 aliphatic rings. The molecule has 7 heteroatoms. The average molecular weight is 483 g/mol. The molecule has 2 aromatic carbocycles. The number of unbranched alkanes of at least 4 members (excludes halogenated alkanes) is 1. The van der Waals surface area contributed by atoms with E-state index < -0.39 is 0 Å². The number of thioether (sulfide) groups is 1. The molecule has 1 amide bonds. The summed E-state index contributed by atoms with van der Waals surface area (Å²) in [6, 6.07) is 13.0. The number of hydrogen-bond acceptors (Lipinski definition) is 4. The van der Waals surface area contributed by atoms with Gasteiger partial charge in [0, 0.05) is 4.47 Å². The molecular formula is C20H17BrClNO2S2. The molecule has 0 N–H and O–H groups in total. The summed E-state index contributed by atoms with van der Waals surface area (Å²) in [5.74, 6) is 0.685. The van der Waals surface area contributed by atoms with E-state index >= 15 is 0 Å². The molecule has 0 aromatic heterocycles. The Hall–Kier alpha value is -1.34. The van der Waals surface area contributed by atoms with Crippen molar-refractivity contribution >= 4 is 73.5 Å². The van der Waals surface area contributed by atoms with Crippen molar-refractivity contribution in [3.63, 3.8) is 0 Å². The SMILES string of the molecule is CCCCOc1ccc(/C=C2\SC(=S)N(c3ccc(Br)c(Cl)c3)C2=O)cc1. The molecule has 3 rings (SSSR count). The average Bonchev–Trinajstić information content (AvgIpc) is 2.93. The van der Waals surface area contributed by atoms with Crippen molar-refractivity contribution in [3.8, 4) is 5.75 Å². The maximum atomic E-state index is 12.8. The molecule has 3 nitrogen and oxygen atoms in total. The lowest BCUT2D eigenvalue weighted by molar-refractivity contribution is -0.113. The van der Waals surface area contributed by atoms with Gasteiger partial charge < -0.3 is 4.74 Å². The topological polar surface area (TPSA) is 29.5 Å². The number of hydrogen-bond donors (Lipinski definition) is 0. The third kappa shape index (κ3) is 4.93. The summed E-state index contributed by atoms with van der Waals surface area (Å²) in [7, 11) is 0. The molecule has 0 unspecified atom stereocenters. The van der Waals surface area contributed by atoms with Crippen LogP contribution in [-0.4, -0.2) is 16.8 Å². The molecule has 27 heavy (non-hydrogen) atoms. The van der Waals surface area contributed by atoms with Crippen LogP contribution in [0.5, 0.6) is 5.75 Å². The normalized spacial score (nSPS) is 15.7. The lowest BCUT2D eigenvalue weighted by atomic mass is 10.2. The number of halogens is 2. The summed E-state index contributed by atoms with van der Waals surface area (Å²) >= 11 is 16.2. The van der Waals surface area contributed by atoms with Crippen LogP contribution < -0.4 is 9.64 Å². The van der Waals surface area contributed by atoms with Gasteiger partial charge in [0.25, 0.3) is 5.91 Å². The molecule has 140 valence electrons. The van der Waals surface area contributed by atoms with Crippen molar-refractivity contribution in [2.24, 2.45) is 0 Å². The van der Waals surface area contributed by atoms with Crippen molar-refractivity contribution in [1.82, 2.24) is 0 Å². The zero-order valence-electron chi connectivity index (χ0n) is 14.6. The van der Waals surface area contributed by atoms with Crippen LogP contribution in [0.1, 0.15) is 25.3 Å². The zero-order valence-corrected chi connectivity index (χ0v) is 18.6. The van der Waals surface area contributed by atoms with E-state index in [1.807, 2.05) is 36.4 Å². The minimum atomic E-state index is -0.147. The Morgan fingerprint density at radius 2 is 2.00 bits per heavy atom. The van der Waals surface area contributed by atoms with Gasteiger partial charge in [0.05, 0.1) is 22.2 Å². The number of ether oxygens (including phenoxy) is 1. The van der Waals surface area contributed by atoms with Gasteiger partial charge in [-0.15, -0.1) is 0 Å². The van der Waals surface area contributed by atoms with E-state index in [1.54, 1.807) is 12.1 Å². The van der Waals surface area contributed by atoms with E-state index in [0.29, 0.717) is 26.5 Å². The Labute approximate surface area is 181 Å². The predicted octanol–water partition coefficient (Wildman–Crippen LogP) is 6.69. The number of rotatable bonds is 6. The van der Waals surface area contributed by atoms with Crippen LogP contribution in [-0.2, 0) is 4.79 Å². The Kier molecular flexibility index (Phi) is 6.98. The van der Waals surface area contributed by atoms with Gasteiger partial charge in [-0.25, -0.2) is 0 Å². The first kappa shape index (κ1) is 20.4. The van der Waals surface area contributed by atoms with Crippen LogP contribution in [0.2, 0.25) is 5.02 Å². The molecule has 0 aliphatic carbocycles. The second kappa shape index (κ2) is 9.24. The van der Waals surface area contributed by atoms with Gasteiger partial charge in [-0.2, -0.15) is 0 Å². The van der Waals surface area contributed by atoms with Gasteiger partial charge in [0.2, 0.25) is 0 Å². The Balaban J connectivity index is 1.76. The standard InChI is InChI=1S/C20H17BrClNO2S2/c1-2-3-10-25-15-7-4-13(5-8-15)11-18-19(24)23(20(26)27-18)14-6-9-16(21)17(22)12-14/h4-9,11-12H,2-3,10H2,1H3/b18-11-. The fourth-order valence-corrected chi connectivity index (χ4v) is 4.18. The Morgan fingerprint density at radius 3 is 2.67 bits per heavy atom. The first-order valence-corrected chi connectivity index (χ1v) is 10.8. The summed E-state index contributed by atoms with van der Waals surface area (Å²) in [6.45, 7) is 2.84. The number of nitrogens with zero attached hydrogens (tertiary/aromatic N) is 1. The third-order valence-electron chi connectivity index (χ3n) is 3.90. The first-order valence-electron chi connectivity index (χ1n) is 8.45. The van der Waals surface area contributed by atoms with Crippen molar-refractivity contribution < 1.29 is 9.53 Å². The maximum Gasteiger partial charge on any atom is 0.270 e. The van der Waals surface area contributed by atoms with Crippen LogP contribution in [0.3, 0.4) is 0 Å². The molecule has 0 radical (unpaired) electrons. The van der Waals surface area contributed by atoms with E-state index in [2.05, 4.69) is 22.9 Å². The number of thiocarbonyl (C=S) groups is 1. The van der Waals surface area contributed by atoms with E-state index in [-0.39, 0.29) is 5.91 Å². The maximum absolute atomic E-state index is 12.8. The fraction of sp³-hybridized carbons (Fsp3) is 0.200. The first-order chi connectivity index (χ1) is 13.0. The lowest BCUT2D eigenvalue weighted by Gasteiger charge is -2.15. The Morgan fingerprint density at radius 1 is 1.26 bits per heavy atom. The second-order valence-electron chi connectivity index (χ2n) is 5.89. The van der Waals surface area contributed by atoms with Crippen molar-refractivity contribution in [3.05, 3.63) is 62.4 Å². The highest BCUT2D eigenvalue weighted by Crippen LogP contribution is 2.38. The molecule has 0 spiro atoms. The van der Waals surface area contributed by atoms with E-state index in [4.69, 9.17) is 28.6 Å². The monoisotopic (exact) mass is 481 g/mol. The van der Waals surface area contributed by atoms with E-state index in [9.17, 15) is 4.79 Å². The van der Waals surface area contributed by atoms with E-state index in [0.717, 1.165) is 28.6 Å². The number of benzene rings is 2. The summed E-state index contributed by atoms with van der Waals surface area (Å²) in [6.07, 6.45) is 3.98. The van der Waals surface area contributed by atoms with Crippen LogP contribution in [0.15, 0.2) is 51.8 Å². The molecule has 2 aromatic rings. The highest BCUT2D eigenvalue weighted by atomic mass is 79.9. The number of carbonyl (C=O) groups is 1. The summed E-state index contributed by atoms with van der Waals surface area (Å²) in [5, 5.41) is 0.532. The van der Waals surface area contributed by atoms with Crippen LogP contribution in [0, 0.1) is 0 Å². The highest BCUT2D eigenvalue weighted by Gasteiger charge is 2.33. The molecule has 0 saturated carbocycles. The summed E-state index contributed by atoms with van der Waals surface area (Å²) in [5.41, 5.74) is 1.58. The molecule has 0 atom stereocenters. The van der Waals surface area contributed by atoms with Gasteiger partial charge in [0.15, 0.2) is 4.32 Å². The predicted molar refractivity (Wildman–Crippen MR) is 122 cm³/mol. The quantitative estimate of drug-likeness (QED) is 0.261. The molecule has 1 fully saturated rings. The number of amides is 1. The summed E-state index contributed by atoms with van der Waals surface area (Å²) in [4.78, 5) is 14.9. The van der Waals surface area contributed by atoms with E-state index in [1.165, 1.54) is 16.7 Å². The number of carbonyl (C=O) groups excluding carboxylic acids is 1. The van der Waals surface area contributed by atoms with Crippen LogP contribution in [0.25, 0.3) is 6.08 Å². The van der Waals surface area contributed by atoms with Gasteiger partial charge in [0.1, 0.15) is 5.75 Å². The van der Waals surface area contributed by atoms with Crippen LogP contribution >= 0.6 is 51.5 Å². The molecular weight excluding hydrogens is 466 g/mol. The van der Waals surface area contributed by atoms with Crippen molar-refractivity contribution in [2.75, 3.05) is 11.5 Å². The second-order valence-corrected chi connectivity index (χ2v) is 8.82. The minimum absolute atomic E-state index is 0.147. The largest absolute Gasteiger partial charge is 0.494 e. The molecule has 1 heterocycles. The summed E-state index contributed by atoms with van der Waals surface area (Å²) < 4.78 is 6.93.